The molecule has 2 aromatic carbocycles. The molecule has 0 saturated carbocycles. The molecule has 0 radical (unpaired) electrons. The van der Waals surface area contributed by atoms with Crippen LogP contribution in [0.25, 0.3) is 21.8 Å². The van der Waals surface area contributed by atoms with Crippen LogP contribution in [-0.2, 0) is 25.7 Å². The summed E-state index contributed by atoms with van der Waals surface area (Å²) in [6, 6.07) is 13.4. The van der Waals surface area contributed by atoms with E-state index in [1.54, 1.807) is 0 Å². The van der Waals surface area contributed by atoms with Crippen molar-refractivity contribution in [1.29, 1.82) is 0 Å². The maximum Gasteiger partial charge on any atom is 0.261 e. The van der Waals surface area contributed by atoms with Gasteiger partial charge in [-0.3, -0.25) is 19.1 Å². The summed E-state index contributed by atoms with van der Waals surface area (Å²) in [6.45, 7) is 8.15. The Morgan fingerprint density at radius 3 is 1.40 bits per heavy atom. The van der Waals surface area contributed by atoms with E-state index in [1.165, 1.54) is 21.9 Å². The van der Waals surface area contributed by atoms with Gasteiger partial charge >= 0.3 is 0 Å². The maximum absolute atomic E-state index is 9.19. The number of H-pyrrole nitrogens is 2. The lowest BCUT2D eigenvalue weighted by atomic mass is 9.70. The largest absolute Gasteiger partial charge is 0.368 e. The van der Waals surface area contributed by atoms with Crippen LogP contribution in [0.5, 0.6) is 0 Å². The average Bonchev–Trinajstić information content (AvgIpc) is 3.75. The van der Waals surface area contributed by atoms with Crippen molar-refractivity contribution in [2.24, 2.45) is 9.98 Å². The van der Waals surface area contributed by atoms with Gasteiger partial charge in [-0.2, -0.15) is 16.8 Å². The molecule has 12 nitrogen and oxygen atoms in total. The molecule has 0 saturated heterocycles. The van der Waals surface area contributed by atoms with Gasteiger partial charge in [0.15, 0.2) is 0 Å². The van der Waals surface area contributed by atoms with E-state index in [1.807, 2.05) is 0 Å². The first-order chi connectivity index (χ1) is 20.2. The molecule has 6 N–H and O–H groups in total. The summed E-state index contributed by atoms with van der Waals surface area (Å²) in [5, 5.41) is 9.34. The summed E-state index contributed by atoms with van der Waals surface area (Å²) in [5.41, 5.74) is 7.27. The number of nitrogens with one attached hydrogen (secondary N) is 4. The highest BCUT2D eigenvalue weighted by molar-refractivity contribution is 7.85. The molecule has 0 aliphatic carbocycles. The first-order valence-electron chi connectivity index (χ1n) is 13.9. The zero-order chi connectivity index (χ0) is 31.4. The van der Waals surface area contributed by atoms with Crippen LogP contribution in [0, 0.1) is 0 Å². The number of rotatable bonds is 6. The molecular formula is C29H38N6O6S2. The molecule has 0 amide bonds. The Morgan fingerprint density at radius 2 is 1.09 bits per heavy atom. The van der Waals surface area contributed by atoms with E-state index >= 15 is 0 Å². The second-order valence-electron chi connectivity index (χ2n) is 10.5. The van der Waals surface area contributed by atoms with Crippen molar-refractivity contribution in [3.05, 3.63) is 71.0 Å². The van der Waals surface area contributed by atoms with Crippen molar-refractivity contribution >= 4 is 53.7 Å². The molecule has 4 aromatic rings. The number of aromatic amines is 2. The van der Waals surface area contributed by atoms with Crippen LogP contribution in [0.1, 0.15) is 48.9 Å². The topological polar surface area (TPSA) is 189 Å². The summed E-state index contributed by atoms with van der Waals surface area (Å²) < 4.78 is 51.7. The highest BCUT2D eigenvalue weighted by atomic mass is 32.2. The normalized spacial score (nSPS) is 15.1. The molecule has 0 unspecified atom stereocenters. The van der Waals surface area contributed by atoms with Crippen LogP contribution >= 0.6 is 0 Å². The minimum atomic E-state index is -3.67. The van der Waals surface area contributed by atoms with Crippen LogP contribution in [0.3, 0.4) is 0 Å². The molecule has 4 heterocycles. The van der Waals surface area contributed by atoms with E-state index < -0.39 is 20.2 Å². The Labute approximate surface area is 251 Å². The van der Waals surface area contributed by atoms with Gasteiger partial charge in [-0.15, -0.1) is 0 Å². The number of aliphatic imine (C=N–C) groups is 2. The fraction of sp³-hybridized carbons (Fsp3) is 0.379. The van der Waals surface area contributed by atoms with Crippen LogP contribution in [0.2, 0.25) is 0 Å². The Balaban J connectivity index is 0.000000369. The minimum absolute atomic E-state index is 0.0776. The number of hydrogen-bond acceptors (Lipinski definition) is 8. The second kappa shape index (κ2) is 12.9. The molecule has 0 spiro atoms. The van der Waals surface area contributed by atoms with Crippen LogP contribution in [0.15, 0.2) is 58.8 Å². The minimum Gasteiger partial charge on any atom is -0.368 e. The molecule has 6 rings (SSSR count). The highest BCUT2D eigenvalue weighted by Crippen LogP contribution is 2.45. The molecular weight excluding hydrogens is 592 g/mol. The van der Waals surface area contributed by atoms with E-state index in [-0.39, 0.29) is 5.41 Å². The summed E-state index contributed by atoms with van der Waals surface area (Å²) >= 11 is 0. The highest BCUT2D eigenvalue weighted by Gasteiger charge is 2.35. The lowest BCUT2D eigenvalue weighted by Gasteiger charge is -2.32. The van der Waals surface area contributed by atoms with Crippen LogP contribution in [0.4, 0.5) is 0 Å². The Bertz CT molecular complexity index is 1740. The number of benzene rings is 2. The van der Waals surface area contributed by atoms with Crippen LogP contribution < -0.4 is 10.6 Å². The van der Waals surface area contributed by atoms with Gasteiger partial charge in [-0.1, -0.05) is 38.1 Å². The summed E-state index contributed by atoms with van der Waals surface area (Å²) in [5.74, 6) is 2.00. The fourth-order valence-electron chi connectivity index (χ4n) is 5.68. The third-order valence-corrected chi connectivity index (χ3v) is 7.50. The number of hydrogen-bond donors (Lipinski definition) is 6. The molecule has 0 atom stereocenters. The third kappa shape index (κ3) is 7.82. The van der Waals surface area contributed by atoms with E-state index in [0.29, 0.717) is 12.5 Å². The molecule has 2 aliphatic heterocycles. The van der Waals surface area contributed by atoms with Crippen molar-refractivity contribution in [1.82, 2.24) is 20.6 Å². The van der Waals surface area contributed by atoms with Crippen molar-refractivity contribution in [2.45, 2.75) is 32.1 Å². The molecule has 43 heavy (non-hydrogen) atoms. The standard InChI is InChI=1S/C27H30N6.2CH4O3S/c1-3-27(4-2,21-15-32-23-13-17(5-7-19(21)23)25-28-9-10-29-25)22-16-33-24-14-18(6-8-20(22)24)26-30-11-12-31-26;2*1-5(2,3)4/h5-8,13-16,32-33H,3-4,9-12H2,1-2H3,(H,28,29)(H,30,31);2*1H3,(H,2,3,4). The summed E-state index contributed by atoms with van der Waals surface area (Å²) in [4.78, 5) is 16.3. The van der Waals surface area contributed by atoms with Gasteiger partial charge in [0.05, 0.1) is 25.6 Å². The maximum atomic E-state index is 9.19. The number of amidine groups is 2. The predicted octanol–water partition coefficient (Wildman–Crippen LogP) is 3.46. The first kappa shape index (κ1) is 32.2. The molecule has 232 valence electrons. The van der Waals surface area contributed by atoms with Crippen molar-refractivity contribution in [3.8, 4) is 0 Å². The number of aromatic nitrogens is 2. The quantitative estimate of drug-likeness (QED) is 0.175. The Hall–Kier alpha value is -3.72. The van der Waals surface area contributed by atoms with Gasteiger partial charge in [0.2, 0.25) is 0 Å². The van der Waals surface area contributed by atoms with Gasteiger partial charge in [0.1, 0.15) is 11.7 Å². The zero-order valence-electron chi connectivity index (χ0n) is 24.6. The molecule has 2 aliphatic rings. The van der Waals surface area contributed by atoms with Gasteiger partial charge in [-0.25, -0.2) is 0 Å². The third-order valence-electron chi connectivity index (χ3n) is 7.50. The van der Waals surface area contributed by atoms with Crippen molar-refractivity contribution in [3.63, 3.8) is 0 Å². The lowest BCUT2D eigenvalue weighted by molar-refractivity contribution is 0.486. The SMILES string of the molecule is CCC(CC)(c1c[nH]c2cc(C3=NCCN3)ccc12)c1c[nH]c2cc(C3=NCCN3)ccc12.CS(=O)(=O)O.CS(=O)(=O)O. The molecule has 14 heteroatoms. The summed E-state index contributed by atoms with van der Waals surface area (Å²) in [6.07, 6.45) is 7.91. The molecule has 2 aromatic heterocycles. The van der Waals surface area contributed by atoms with Gasteiger partial charge in [-0.05, 0) is 36.1 Å². The van der Waals surface area contributed by atoms with Gasteiger partial charge in [0, 0.05) is 63.8 Å². The predicted molar refractivity (Wildman–Crippen MR) is 172 cm³/mol. The molecule has 0 fully saturated rings. The fourth-order valence-corrected chi connectivity index (χ4v) is 5.68. The summed E-state index contributed by atoms with van der Waals surface area (Å²) in [7, 11) is -7.33. The zero-order valence-corrected chi connectivity index (χ0v) is 26.2. The second-order valence-corrected chi connectivity index (χ2v) is 13.4. The van der Waals surface area contributed by atoms with E-state index in [9.17, 15) is 16.8 Å². The van der Waals surface area contributed by atoms with Crippen LogP contribution in [-0.4, -0.2) is 86.3 Å². The van der Waals surface area contributed by atoms with Gasteiger partial charge < -0.3 is 20.6 Å². The smallest absolute Gasteiger partial charge is 0.261 e. The molecule has 0 bridgehead atoms. The van der Waals surface area contributed by atoms with E-state index in [0.717, 1.165) is 72.9 Å². The van der Waals surface area contributed by atoms with E-state index in [4.69, 9.17) is 9.11 Å². The Morgan fingerprint density at radius 1 is 0.721 bits per heavy atom. The van der Waals surface area contributed by atoms with Gasteiger partial charge in [0.25, 0.3) is 20.2 Å². The monoisotopic (exact) mass is 630 g/mol. The van der Waals surface area contributed by atoms with Crippen molar-refractivity contribution in [2.75, 3.05) is 38.7 Å². The first-order valence-corrected chi connectivity index (χ1v) is 17.6. The Kier molecular flexibility index (Phi) is 9.64. The average molecular weight is 631 g/mol. The van der Waals surface area contributed by atoms with E-state index in [2.05, 4.69) is 93.2 Å². The number of nitrogens with zero attached hydrogens (tertiary/aromatic N) is 2. The number of fused-ring (bicyclic) bond motifs is 2. The lowest BCUT2D eigenvalue weighted by Crippen LogP contribution is -2.25. The van der Waals surface area contributed by atoms with Crippen molar-refractivity contribution < 1.29 is 25.9 Å².